The summed E-state index contributed by atoms with van der Waals surface area (Å²) in [7, 11) is 0. The van der Waals surface area contributed by atoms with E-state index in [1.165, 1.54) is 36.1 Å². The van der Waals surface area contributed by atoms with Gasteiger partial charge in [-0.3, -0.25) is 0 Å². The summed E-state index contributed by atoms with van der Waals surface area (Å²) in [5.41, 5.74) is 11.7. The number of anilines is 3. The first-order valence-electron chi connectivity index (χ1n) is 6.84. The first-order valence-corrected chi connectivity index (χ1v) is 6.84. The molecule has 0 amide bonds. The molecule has 98 valence electrons. The van der Waals surface area contributed by atoms with Gasteiger partial charge in [-0.25, -0.2) is 4.98 Å². The van der Waals surface area contributed by atoms with Gasteiger partial charge in [0.2, 0.25) is 0 Å². The number of hydrogen-bond acceptors (Lipinski definition) is 3. The molecule has 0 bridgehead atoms. The van der Waals surface area contributed by atoms with Crippen molar-refractivity contribution in [3.05, 3.63) is 47.2 Å². The number of nitrogens with zero attached hydrogens (tertiary/aromatic N) is 1. The maximum Gasteiger partial charge on any atom is 0.130 e. The van der Waals surface area contributed by atoms with Crippen molar-refractivity contribution < 1.29 is 0 Å². The third kappa shape index (κ3) is 2.41. The van der Waals surface area contributed by atoms with Crippen molar-refractivity contribution in [1.82, 2.24) is 4.98 Å². The minimum absolute atomic E-state index is 0.737. The quantitative estimate of drug-likeness (QED) is 0.859. The number of rotatable bonds is 2. The van der Waals surface area contributed by atoms with Crippen molar-refractivity contribution >= 4 is 17.2 Å². The normalized spacial score (nSPS) is 13.9. The Labute approximate surface area is 113 Å². The highest BCUT2D eigenvalue weighted by molar-refractivity contribution is 5.64. The van der Waals surface area contributed by atoms with E-state index in [9.17, 15) is 0 Å². The molecule has 0 unspecified atom stereocenters. The van der Waals surface area contributed by atoms with Gasteiger partial charge in [-0.05, 0) is 61.4 Å². The van der Waals surface area contributed by atoms with Crippen LogP contribution in [0, 0.1) is 6.92 Å². The van der Waals surface area contributed by atoms with Crippen LogP contribution in [0.5, 0.6) is 0 Å². The maximum absolute atomic E-state index is 5.80. The Morgan fingerprint density at radius 2 is 2.05 bits per heavy atom. The van der Waals surface area contributed by atoms with Gasteiger partial charge in [-0.15, -0.1) is 0 Å². The predicted molar refractivity (Wildman–Crippen MR) is 79.8 cm³/mol. The smallest absolute Gasteiger partial charge is 0.130 e. The molecule has 1 heterocycles. The van der Waals surface area contributed by atoms with Crippen LogP contribution in [0.1, 0.15) is 29.5 Å². The van der Waals surface area contributed by atoms with Gasteiger partial charge in [0.1, 0.15) is 5.82 Å². The molecule has 1 aromatic heterocycles. The lowest BCUT2D eigenvalue weighted by atomic mass is 9.90. The van der Waals surface area contributed by atoms with E-state index in [2.05, 4.69) is 28.5 Å². The molecule has 3 N–H and O–H groups in total. The standard InChI is InChI=1S/C16H19N3/c1-11-9-16(18-10-14(11)17)19-15-8-4-6-12-5-2-3-7-13(12)15/h4,6,8-10H,2-3,5,7,17H2,1H3,(H,18,19). The Hall–Kier alpha value is -2.03. The monoisotopic (exact) mass is 253 g/mol. The second kappa shape index (κ2) is 4.92. The van der Waals surface area contributed by atoms with E-state index in [1.807, 2.05) is 13.0 Å². The van der Waals surface area contributed by atoms with Gasteiger partial charge in [0.15, 0.2) is 0 Å². The highest BCUT2D eigenvalue weighted by Crippen LogP contribution is 2.29. The van der Waals surface area contributed by atoms with Gasteiger partial charge in [-0.1, -0.05) is 12.1 Å². The molecule has 1 aliphatic rings. The molecule has 2 aromatic rings. The van der Waals surface area contributed by atoms with Crippen LogP contribution in [0.2, 0.25) is 0 Å². The van der Waals surface area contributed by atoms with Crippen molar-refractivity contribution in [1.29, 1.82) is 0 Å². The van der Waals surface area contributed by atoms with Crippen molar-refractivity contribution in [3.63, 3.8) is 0 Å². The Kier molecular flexibility index (Phi) is 3.11. The van der Waals surface area contributed by atoms with Gasteiger partial charge in [0.25, 0.3) is 0 Å². The number of fused-ring (bicyclic) bond motifs is 1. The highest BCUT2D eigenvalue weighted by Gasteiger charge is 2.13. The zero-order chi connectivity index (χ0) is 13.2. The number of aryl methyl sites for hydroxylation is 2. The van der Waals surface area contributed by atoms with E-state index in [4.69, 9.17) is 5.73 Å². The van der Waals surface area contributed by atoms with E-state index in [-0.39, 0.29) is 0 Å². The lowest BCUT2D eigenvalue weighted by Gasteiger charge is -2.20. The summed E-state index contributed by atoms with van der Waals surface area (Å²) < 4.78 is 0. The largest absolute Gasteiger partial charge is 0.397 e. The average molecular weight is 253 g/mol. The summed E-state index contributed by atoms with van der Waals surface area (Å²) in [6.07, 6.45) is 6.65. The van der Waals surface area contributed by atoms with Crippen LogP contribution >= 0.6 is 0 Å². The SMILES string of the molecule is Cc1cc(Nc2cccc3c2CCCC3)ncc1N. The van der Waals surface area contributed by atoms with Crippen LogP contribution in [0.3, 0.4) is 0 Å². The number of nitrogen functional groups attached to an aromatic ring is 1. The van der Waals surface area contributed by atoms with Gasteiger partial charge < -0.3 is 11.1 Å². The number of pyridine rings is 1. The van der Waals surface area contributed by atoms with Gasteiger partial charge in [0, 0.05) is 5.69 Å². The van der Waals surface area contributed by atoms with Crippen LogP contribution in [0.25, 0.3) is 0 Å². The molecule has 0 spiro atoms. The molecule has 0 saturated heterocycles. The molecule has 3 heteroatoms. The molecule has 0 atom stereocenters. The Balaban J connectivity index is 1.92. The lowest BCUT2D eigenvalue weighted by molar-refractivity contribution is 0.687. The van der Waals surface area contributed by atoms with Crippen molar-refractivity contribution in [2.75, 3.05) is 11.1 Å². The highest BCUT2D eigenvalue weighted by atomic mass is 15.0. The number of nitrogens with two attached hydrogens (primary N) is 1. The second-order valence-electron chi connectivity index (χ2n) is 5.20. The fourth-order valence-corrected chi connectivity index (χ4v) is 2.67. The summed E-state index contributed by atoms with van der Waals surface area (Å²) in [6, 6.07) is 8.49. The Morgan fingerprint density at radius 3 is 2.89 bits per heavy atom. The molecule has 0 radical (unpaired) electrons. The first kappa shape index (κ1) is 12.0. The number of hydrogen-bond donors (Lipinski definition) is 2. The van der Waals surface area contributed by atoms with Gasteiger partial charge >= 0.3 is 0 Å². The maximum atomic E-state index is 5.80. The number of benzene rings is 1. The Morgan fingerprint density at radius 1 is 1.21 bits per heavy atom. The van der Waals surface area contributed by atoms with Crippen LogP contribution in [0.4, 0.5) is 17.2 Å². The van der Waals surface area contributed by atoms with E-state index in [1.54, 1.807) is 6.20 Å². The summed E-state index contributed by atoms with van der Waals surface area (Å²) >= 11 is 0. The summed E-state index contributed by atoms with van der Waals surface area (Å²) in [5.74, 6) is 0.866. The fourth-order valence-electron chi connectivity index (χ4n) is 2.67. The lowest BCUT2D eigenvalue weighted by Crippen LogP contribution is -2.06. The van der Waals surface area contributed by atoms with Crippen molar-refractivity contribution in [2.45, 2.75) is 32.6 Å². The third-order valence-corrected chi connectivity index (χ3v) is 3.81. The van der Waals surface area contributed by atoms with E-state index in [0.29, 0.717) is 0 Å². The van der Waals surface area contributed by atoms with Crippen LogP contribution < -0.4 is 11.1 Å². The van der Waals surface area contributed by atoms with E-state index >= 15 is 0 Å². The molecule has 0 fully saturated rings. The van der Waals surface area contributed by atoms with Gasteiger partial charge in [0.05, 0.1) is 11.9 Å². The average Bonchev–Trinajstić information content (AvgIpc) is 2.43. The predicted octanol–water partition coefficient (Wildman–Crippen LogP) is 3.59. The molecule has 1 aliphatic carbocycles. The molecule has 1 aromatic carbocycles. The van der Waals surface area contributed by atoms with E-state index < -0.39 is 0 Å². The van der Waals surface area contributed by atoms with Gasteiger partial charge in [-0.2, -0.15) is 0 Å². The first-order chi connectivity index (χ1) is 9.24. The van der Waals surface area contributed by atoms with Crippen molar-refractivity contribution in [3.8, 4) is 0 Å². The number of aromatic nitrogens is 1. The Bertz CT molecular complexity index is 605. The summed E-state index contributed by atoms with van der Waals surface area (Å²) in [4.78, 5) is 4.35. The molecule has 0 saturated carbocycles. The summed E-state index contributed by atoms with van der Waals surface area (Å²) in [6.45, 7) is 2.00. The van der Waals surface area contributed by atoms with Crippen LogP contribution in [-0.4, -0.2) is 4.98 Å². The minimum atomic E-state index is 0.737. The fraction of sp³-hybridized carbons (Fsp3) is 0.312. The third-order valence-electron chi connectivity index (χ3n) is 3.81. The zero-order valence-corrected chi connectivity index (χ0v) is 11.2. The molecular formula is C16H19N3. The summed E-state index contributed by atoms with van der Waals surface area (Å²) in [5, 5.41) is 3.43. The zero-order valence-electron chi connectivity index (χ0n) is 11.2. The molecule has 3 nitrogen and oxygen atoms in total. The number of nitrogens with one attached hydrogen (secondary N) is 1. The molecule has 0 aliphatic heterocycles. The molecular weight excluding hydrogens is 234 g/mol. The second-order valence-corrected chi connectivity index (χ2v) is 5.20. The van der Waals surface area contributed by atoms with Crippen LogP contribution in [-0.2, 0) is 12.8 Å². The topological polar surface area (TPSA) is 50.9 Å². The van der Waals surface area contributed by atoms with Crippen LogP contribution in [0.15, 0.2) is 30.5 Å². The molecule has 19 heavy (non-hydrogen) atoms. The minimum Gasteiger partial charge on any atom is -0.397 e. The molecule has 3 rings (SSSR count). The van der Waals surface area contributed by atoms with Crippen molar-refractivity contribution in [2.24, 2.45) is 0 Å². The van der Waals surface area contributed by atoms with E-state index in [0.717, 1.165) is 23.5 Å².